The molecule has 0 aliphatic carbocycles. The van der Waals surface area contributed by atoms with Crippen LogP contribution in [-0.2, 0) is 11.9 Å². The van der Waals surface area contributed by atoms with Crippen molar-refractivity contribution in [2.75, 3.05) is 11.9 Å². The standard InChI is InChI=1S/C15H14Br2FN/c1-19(10-11-4-2-5-12(17)8-11)15-7-3-6-14(18)13(15)9-16/h2-8H,9-10H2,1H3. The van der Waals surface area contributed by atoms with Crippen LogP contribution in [0.1, 0.15) is 11.1 Å². The first-order valence-electron chi connectivity index (χ1n) is 5.90. The van der Waals surface area contributed by atoms with Crippen molar-refractivity contribution in [3.8, 4) is 0 Å². The summed E-state index contributed by atoms with van der Waals surface area (Å²) in [5, 5.41) is 0.512. The molecule has 0 saturated heterocycles. The Labute approximate surface area is 129 Å². The molecule has 100 valence electrons. The summed E-state index contributed by atoms with van der Waals surface area (Å²) in [7, 11) is 1.97. The summed E-state index contributed by atoms with van der Waals surface area (Å²) >= 11 is 6.81. The highest BCUT2D eigenvalue weighted by Crippen LogP contribution is 2.26. The van der Waals surface area contributed by atoms with Crippen LogP contribution in [0.3, 0.4) is 0 Å². The monoisotopic (exact) mass is 385 g/mol. The second-order valence-corrected chi connectivity index (χ2v) is 5.83. The van der Waals surface area contributed by atoms with Gasteiger partial charge in [-0.05, 0) is 29.8 Å². The maximum Gasteiger partial charge on any atom is 0.129 e. The Morgan fingerprint density at radius 1 is 1.16 bits per heavy atom. The van der Waals surface area contributed by atoms with Crippen molar-refractivity contribution >= 4 is 37.5 Å². The highest BCUT2D eigenvalue weighted by Gasteiger charge is 2.11. The molecule has 0 spiro atoms. The maximum atomic E-state index is 13.7. The normalized spacial score (nSPS) is 10.5. The molecule has 1 nitrogen and oxygen atoms in total. The van der Waals surface area contributed by atoms with Crippen LogP contribution in [0, 0.1) is 5.82 Å². The Morgan fingerprint density at radius 3 is 2.58 bits per heavy atom. The molecule has 0 unspecified atom stereocenters. The van der Waals surface area contributed by atoms with E-state index in [0.29, 0.717) is 10.9 Å². The molecule has 0 bridgehead atoms. The molecule has 0 radical (unpaired) electrons. The zero-order valence-electron chi connectivity index (χ0n) is 10.5. The number of alkyl halides is 1. The smallest absolute Gasteiger partial charge is 0.129 e. The van der Waals surface area contributed by atoms with Gasteiger partial charge < -0.3 is 4.90 Å². The molecular weight excluding hydrogens is 373 g/mol. The number of hydrogen-bond acceptors (Lipinski definition) is 1. The molecule has 0 atom stereocenters. The highest BCUT2D eigenvalue weighted by atomic mass is 79.9. The quantitative estimate of drug-likeness (QED) is 0.659. The second kappa shape index (κ2) is 6.53. The highest BCUT2D eigenvalue weighted by molar-refractivity contribution is 9.10. The van der Waals surface area contributed by atoms with Crippen molar-refractivity contribution < 1.29 is 4.39 Å². The molecule has 0 heterocycles. The summed E-state index contributed by atoms with van der Waals surface area (Å²) in [6.45, 7) is 0.739. The van der Waals surface area contributed by atoms with Gasteiger partial charge in [0.25, 0.3) is 0 Å². The third-order valence-electron chi connectivity index (χ3n) is 2.95. The molecule has 2 aromatic carbocycles. The molecule has 0 aliphatic rings. The van der Waals surface area contributed by atoms with Gasteiger partial charge in [0.2, 0.25) is 0 Å². The first-order valence-corrected chi connectivity index (χ1v) is 7.82. The summed E-state index contributed by atoms with van der Waals surface area (Å²) in [6, 6.07) is 13.3. The zero-order valence-corrected chi connectivity index (χ0v) is 13.7. The van der Waals surface area contributed by atoms with E-state index in [0.717, 1.165) is 16.7 Å². The van der Waals surface area contributed by atoms with Crippen LogP contribution in [0.4, 0.5) is 10.1 Å². The van der Waals surface area contributed by atoms with Crippen molar-refractivity contribution in [2.24, 2.45) is 0 Å². The molecule has 4 heteroatoms. The van der Waals surface area contributed by atoms with Gasteiger partial charge in [-0.2, -0.15) is 0 Å². The van der Waals surface area contributed by atoms with Gasteiger partial charge in [0.05, 0.1) is 0 Å². The van der Waals surface area contributed by atoms with Gasteiger partial charge in [-0.3, -0.25) is 0 Å². The van der Waals surface area contributed by atoms with Crippen molar-refractivity contribution in [1.29, 1.82) is 0 Å². The van der Waals surface area contributed by atoms with E-state index in [-0.39, 0.29) is 5.82 Å². The first-order chi connectivity index (χ1) is 9.11. The summed E-state index contributed by atoms with van der Waals surface area (Å²) in [6.07, 6.45) is 0. The van der Waals surface area contributed by atoms with Gasteiger partial charge in [0.1, 0.15) is 5.82 Å². The van der Waals surface area contributed by atoms with E-state index < -0.39 is 0 Å². The van der Waals surface area contributed by atoms with Gasteiger partial charge in [0.15, 0.2) is 0 Å². The van der Waals surface area contributed by atoms with Gasteiger partial charge >= 0.3 is 0 Å². The zero-order chi connectivity index (χ0) is 13.8. The lowest BCUT2D eigenvalue weighted by molar-refractivity contribution is 0.616. The molecule has 0 saturated carbocycles. The van der Waals surface area contributed by atoms with E-state index in [2.05, 4.69) is 48.9 Å². The minimum atomic E-state index is -0.171. The van der Waals surface area contributed by atoms with Gasteiger partial charge in [-0.1, -0.05) is 50.1 Å². The van der Waals surface area contributed by atoms with E-state index in [9.17, 15) is 4.39 Å². The molecule has 2 aromatic rings. The Balaban J connectivity index is 2.25. The minimum absolute atomic E-state index is 0.171. The van der Waals surface area contributed by atoms with Crippen LogP contribution in [0.2, 0.25) is 0 Å². The van der Waals surface area contributed by atoms with Gasteiger partial charge in [-0.15, -0.1) is 0 Å². The van der Waals surface area contributed by atoms with E-state index in [1.54, 1.807) is 6.07 Å². The fourth-order valence-electron chi connectivity index (χ4n) is 2.03. The average Bonchev–Trinajstić information content (AvgIpc) is 2.38. The summed E-state index contributed by atoms with van der Waals surface area (Å²) in [5.74, 6) is -0.171. The Bertz CT molecular complexity index is 572. The van der Waals surface area contributed by atoms with Crippen LogP contribution in [-0.4, -0.2) is 7.05 Å². The van der Waals surface area contributed by atoms with E-state index in [1.807, 2.05) is 25.2 Å². The van der Waals surface area contributed by atoms with Crippen molar-refractivity contribution in [1.82, 2.24) is 0 Å². The molecule has 0 amide bonds. The largest absolute Gasteiger partial charge is 0.370 e. The lowest BCUT2D eigenvalue weighted by Gasteiger charge is -2.22. The Hall–Kier alpha value is -0.870. The second-order valence-electron chi connectivity index (χ2n) is 4.36. The minimum Gasteiger partial charge on any atom is -0.370 e. The number of anilines is 1. The van der Waals surface area contributed by atoms with Gasteiger partial charge in [-0.25, -0.2) is 4.39 Å². The number of nitrogens with zero attached hydrogens (tertiary/aromatic N) is 1. The predicted octanol–water partition coefficient (Wildman–Crippen LogP) is 5.12. The van der Waals surface area contributed by atoms with Crippen LogP contribution < -0.4 is 4.90 Å². The third-order valence-corrected chi connectivity index (χ3v) is 4.00. The maximum absolute atomic E-state index is 13.7. The summed E-state index contributed by atoms with van der Waals surface area (Å²) in [4.78, 5) is 2.06. The van der Waals surface area contributed by atoms with Crippen LogP contribution in [0.15, 0.2) is 46.9 Å². The van der Waals surface area contributed by atoms with Crippen LogP contribution in [0.25, 0.3) is 0 Å². The van der Waals surface area contributed by atoms with Crippen LogP contribution >= 0.6 is 31.9 Å². The van der Waals surface area contributed by atoms with E-state index in [4.69, 9.17) is 0 Å². The molecular formula is C15H14Br2FN. The topological polar surface area (TPSA) is 3.24 Å². The lowest BCUT2D eigenvalue weighted by atomic mass is 10.1. The number of rotatable bonds is 4. The Kier molecular flexibility index (Phi) is 4.99. The van der Waals surface area contributed by atoms with Gasteiger partial charge in [0, 0.05) is 34.6 Å². The number of halogens is 3. The van der Waals surface area contributed by atoms with Crippen molar-refractivity contribution in [3.63, 3.8) is 0 Å². The fourth-order valence-corrected chi connectivity index (χ4v) is 3.03. The molecule has 2 rings (SSSR count). The summed E-state index contributed by atoms with van der Waals surface area (Å²) in [5.41, 5.74) is 2.79. The third kappa shape index (κ3) is 3.57. The Morgan fingerprint density at radius 2 is 1.89 bits per heavy atom. The molecule has 0 aliphatic heterocycles. The molecule has 0 aromatic heterocycles. The predicted molar refractivity (Wildman–Crippen MR) is 85.3 cm³/mol. The first kappa shape index (κ1) is 14.5. The lowest BCUT2D eigenvalue weighted by Crippen LogP contribution is -2.18. The van der Waals surface area contributed by atoms with Crippen LogP contribution in [0.5, 0.6) is 0 Å². The number of hydrogen-bond donors (Lipinski definition) is 0. The van der Waals surface area contributed by atoms with E-state index >= 15 is 0 Å². The fraction of sp³-hybridized carbons (Fsp3) is 0.200. The molecule has 0 N–H and O–H groups in total. The van der Waals surface area contributed by atoms with E-state index in [1.165, 1.54) is 11.6 Å². The molecule has 19 heavy (non-hydrogen) atoms. The molecule has 0 fully saturated rings. The van der Waals surface area contributed by atoms with Crippen molar-refractivity contribution in [3.05, 3.63) is 63.9 Å². The van der Waals surface area contributed by atoms with Crippen molar-refractivity contribution in [2.45, 2.75) is 11.9 Å². The summed E-state index contributed by atoms with van der Waals surface area (Å²) < 4.78 is 14.8. The average molecular weight is 387 g/mol. The SMILES string of the molecule is CN(Cc1cccc(Br)c1)c1cccc(F)c1CBr. The number of benzene rings is 2.